The van der Waals surface area contributed by atoms with Crippen LogP contribution in [-0.2, 0) is 23.7 Å². The van der Waals surface area contributed by atoms with E-state index >= 15 is 0 Å². The molecule has 3 rings (SSSR count). The minimum atomic E-state index is -0.738. The summed E-state index contributed by atoms with van der Waals surface area (Å²) in [6, 6.07) is 0. The van der Waals surface area contributed by atoms with Crippen molar-refractivity contribution in [3.63, 3.8) is 0 Å². The van der Waals surface area contributed by atoms with Gasteiger partial charge in [-0.25, -0.2) is 0 Å². The van der Waals surface area contributed by atoms with E-state index in [1.165, 1.54) is 6.42 Å². The topological polar surface area (TPSA) is 54.0 Å². The lowest BCUT2D eigenvalue weighted by molar-refractivity contribution is -0.167. The Hall–Kier alpha value is 0.210. The van der Waals surface area contributed by atoms with Gasteiger partial charge in [-0.2, -0.15) is 0 Å². The molecule has 7 heteroatoms. The Balaban J connectivity index is 1.73. The van der Waals surface area contributed by atoms with Gasteiger partial charge in [0.25, 0.3) is 0 Å². The third-order valence-electron chi connectivity index (χ3n) is 3.86. The summed E-state index contributed by atoms with van der Waals surface area (Å²) in [6.45, 7) is 7.65. The van der Waals surface area contributed by atoms with E-state index in [0.29, 0.717) is 0 Å². The third kappa shape index (κ3) is 3.65. The van der Waals surface area contributed by atoms with Gasteiger partial charge in [0.2, 0.25) is 0 Å². The lowest BCUT2D eigenvalue weighted by Gasteiger charge is -2.28. The Labute approximate surface area is 140 Å². The van der Waals surface area contributed by atoms with E-state index in [-0.39, 0.29) is 23.1 Å². The average molecular weight is 348 g/mol. The van der Waals surface area contributed by atoms with Gasteiger partial charge in [-0.05, 0) is 45.6 Å². The number of hydrogen-bond acceptors (Lipinski definition) is 7. The smallest absolute Gasteiger partial charge is 0.195 e. The van der Waals surface area contributed by atoms with E-state index in [9.17, 15) is 4.79 Å². The maximum absolute atomic E-state index is 12.8. The van der Waals surface area contributed by atoms with Crippen LogP contribution in [-0.4, -0.2) is 58.4 Å². The number of carbonyl (C=O) groups excluding carboxylic acids is 1. The normalized spacial score (nSPS) is 38.3. The molecule has 0 saturated carbocycles. The van der Waals surface area contributed by atoms with Crippen LogP contribution >= 0.6 is 23.5 Å². The highest BCUT2D eigenvalue weighted by atomic mass is 32.2. The molecule has 0 aromatic carbocycles. The fourth-order valence-corrected chi connectivity index (χ4v) is 5.92. The van der Waals surface area contributed by atoms with Crippen molar-refractivity contribution in [2.75, 3.05) is 18.1 Å². The van der Waals surface area contributed by atoms with Crippen molar-refractivity contribution in [3.8, 4) is 0 Å². The molecule has 3 fully saturated rings. The van der Waals surface area contributed by atoms with Crippen molar-refractivity contribution in [2.45, 2.75) is 68.6 Å². The van der Waals surface area contributed by atoms with Crippen LogP contribution in [0.4, 0.5) is 0 Å². The van der Waals surface area contributed by atoms with E-state index < -0.39 is 23.8 Å². The molecule has 0 amide bonds. The summed E-state index contributed by atoms with van der Waals surface area (Å²) >= 11 is 3.72. The maximum Gasteiger partial charge on any atom is 0.195 e. The van der Waals surface area contributed by atoms with Crippen LogP contribution in [0.5, 0.6) is 0 Å². The molecule has 3 heterocycles. The summed E-state index contributed by atoms with van der Waals surface area (Å²) < 4.78 is 23.4. The van der Waals surface area contributed by atoms with Gasteiger partial charge in [-0.1, -0.05) is 0 Å². The number of carbonyl (C=O) groups is 1. The van der Waals surface area contributed by atoms with Gasteiger partial charge < -0.3 is 18.9 Å². The Morgan fingerprint density at radius 3 is 2.27 bits per heavy atom. The lowest BCUT2D eigenvalue weighted by atomic mass is 10.1. The second kappa shape index (κ2) is 6.26. The molecule has 22 heavy (non-hydrogen) atoms. The van der Waals surface area contributed by atoms with E-state index in [0.717, 1.165) is 11.5 Å². The standard InChI is InChI=1S/C15H24O5S2/c1-14(2)17-8-9(18-14)10(16)11-12(20-15(3,4)19-11)13-21-6-5-7-22-13/h9,11-13H,5-8H2,1-4H3/t9-,11+,12-/m1/s1. The Morgan fingerprint density at radius 2 is 1.68 bits per heavy atom. The highest BCUT2D eigenvalue weighted by Crippen LogP contribution is 2.42. The summed E-state index contributed by atoms with van der Waals surface area (Å²) in [5, 5.41) is 0. The Morgan fingerprint density at radius 1 is 1.00 bits per heavy atom. The molecule has 0 aromatic heterocycles. The molecule has 0 bridgehead atoms. The zero-order valence-electron chi connectivity index (χ0n) is 13.5. The van der Waals surface area contributed by atoms with Gasteiger partial charge in [0.05, 0.1) is 11.2 Å². The first-order valence-corrected chi connectivity index (χ1v) is 9.81. The average Bonchev–Trinajstić information content (AvgIpc) is 2.98. The zero-order valence-corrected chi connectivity index (χ0v) is 15.1. The van der Waals surface area contributed by atoms with Crippen LogP contribution in [0.3, 0.4) is 0 Å². The number of Topliss-reactive ketones (excluding diaryl/α,β-unsaturated/α-hetero) is 1. The number of hydrogen-bond donors (Lipinski definition) is 0. The van der Waals surface area contributed by atoms with Gasteiger partial charge in [0.15, 0.2) is 23.5 Å². The monoisotopic (exact) mass is 348 g/mol. The minimum absolute atomic E-state index is 0.0621. The van der Waals surface area contributed by atoms with Crippen LogP contribution in [0.2, 0.25) is 0 Å². The number of thioether (sulfide) groups is 2. The molecule has 0 spiro atoms. The van der Waals surface area contributed by atoms with Gasteiger partial charge in [0.1, 0.15) is 12.2 Å². The molecule has 5 nitrogen and oxygen atoms in total. The van der Waals surface area contributed by atoms with Crippen LogP contribution in [0.1, 0.15) is 34.1 Å². The molecule has 0 N–H and O–H groups in total. The Kier molecular flexibility index (Phi) is 4.85. The molecule has 3 saturated heterocycles. The van der Waals surface area contributed by atoms with Crippen molar-refractivity contribution in [3.05, 3.63) is 0 Å². The summed E-state index contributed by atoms with van der Waals surface area (Å²) in [5.74, 6) is 0.703. The van der Waals surface area contributed by atoms with Gasteiger partial charge in [-0.15, -0.1) is 23.5 Å². The summed E-state index contributed by atoms with van der Waals surface area (Å²) in [4.78, 5) is 12.8. The SMILES string of the molecule is CC1(C)OC[C@H](C(=O)[C@@H]2OC(C)(C)O[C@H]2C2SCCCS2)O1. The molecule has 126 valence electrons. The van der Waals surface area contributed by atoms with Crippen LogP contribution in [0.15, 0.2) is 0 Å². The van der Waals surface area contributed by atoms with Crippen molar-refractivity contribution in [1.82, 2.24) is 0 Å². The number of rotatable bonds is 3. The van der Waals surface area contributed by atoms with Gasteiger partial charge in [-0.3, -0.25) is 4.79 Å². The minimum Gasteiger partial charge on any atom is -0.347 e. The molecule has 3 aliphatic heterocycles. The molecule has 3 atom stereocenters. The molecular formula is C15H24O5S2. The Bertz CT molecular complexity index is 434. The second-order valence-electron chi connectivity index (χ2n) is 6.70. The van der Waals surface area contributed by atoms with Gasteiger partial charge >= 0.3 is 0 Å². The first kappa shape index (κ1) is 17.0. The summed E-state index contributed by atoms with van der Waals surface area (Å²) in [7, 11) is 0. The third-order valence-corrected chi connectivity index (χ3v) is 6.92. The molecule has 0 aromatic rings. The van der Waals surface area contributed by atoms with Crippen LogP contribution in [0.25, 0.3) is 0 Å². The van der Waals surface area contributed by atoms with Crippen molar-refractivity contribution in [1.29, 1.82) is 0 Å². The number of ether oxygens (including phenoxy) is 4. The van der Waals surface area contributed by atoms with E-state index in [2.05, 4.69) is 0 Å². The molecule has 0 radical (unpaired) electrons. The second-order valence-corrected chi connectivity index (χ2v) is 9.50. The maximum atomic E-state index is 12.8. The molecular weight excluding hydrogens is 324 g/mol. The fraction of sp³-hybridized carbons (Fsp3) is 0.933. The first-order valence-electron chi connectivity index (χ1n) is 7.72. The van der Waals surface area contributed by atoms with E-state index in [1.54, 1.807) is 0 Å². The molecule has 3 aliphatic rings. The zero-order chi connectivity index (χ0) is 16.0. The molecule has 0 aliphatic carbocycles. The largest absolute Gasteiger partial charge is 0.347 e. The van der Waals surface area contributed by atoms with Gasteiger partial charge in [0, 0.05) is 0 Å². The van der Waals surface area contributed by atoms with E-state index in [1.807, 2.05) is 51.2 Å². The van der Waals surface area contributed by atoms with Crippen molar-refractivity contribution >= 4 is 29.3 Å². The van der Waals surface area contributed by atoms with Crippen LogP contribution < -0.4 is 0 Å². The van der Waals surface area contributed by atoms with Crippen molar-refractivity contribution in [2.24, 2.45) is 0 Å². The fourth-order valence-electron chi connectivity index (χ4n) is 2.91. The quantitative estimate of drug-likeness (QED) is 0.776. The summed E-state index contributed by atoms with van der Waals surface area (Å²) in [6.07, 6.45) is -0.181. The predicted molar refractivity (Wildman–Crippen MR) is 87.1 cm³/mol. The van der Waals surface area contributed by atoms with E-state index in [4.69, 9.17) is 18.9 Å². The molecule has 0 unspecified atom stereocenters. The first-order chi connectivity index (χ1) is 10.3. The van der Waals surface area contributed by atoms with Crippen LogP contribution in [0, 0.1) is 0 Å². The predicted octanol–water partition coefficient (Wildman–Crippen LogP) is 2.42. The number of ketones is 1. The van der Waals surface area contributed by atoms with Crippen molar-refractivity contribution < 1.29 is 23.7 Å². The highest BCUT2D eigenvalue weighted by molar-refractivity contribution is 8.17. The highest BCUT2D eigenvalue weighted by Gasteiger charge is 2.52. The summed E-state index contributed by atoms with van der Waals surface area (Å²) in [5.41, 5.74) is 0. The lowest BCUT2D eigenvalue weighted by Crippen LogP contribution is -2.44.